The Morgan fingerprint density at radius 2 is 1.81 bits per heavy atom. The molecule has 0 saturated heterocycles. The third kappa shape index (κ3) is 5.80. The number of methoxy groups -OCH3 is 1. The van der Waals surface area contributed by atoms with Crippen LogP contribution in [0.2, 0.25) is 0 Å². The second-order valence-corrected chi connectivity index (χ2v) is 8.15. The number of carbonyl (C=O) groups is 1. The predicted molar refractivity (Wildman–Crippen MR) is 134 cm³/mol. The van der Waals surface area contributed by atoms with E-state index in [1.54, 1.807) is 36.0 Å². The summed E-state index contributed by atoms with van der Waals surface area (Å²) < 4.78 is 46.3. The number of carbonyl (C=O) groups excluding carboxylic acids is 1. The fraction of sp³-hybridized carbons (Fsp3) is 0.200. The van der Waals surface area contributed by atoms with Crippen LogP contribution in [-0.2, 0) is 6.18 Å². The van der Waals surface area contributed by atoms with E-state index in [4.69, 9.17) is 4.74 Å². The maximum Gasteiger partial charge on any atom is 0.416 e. The molecular weight excluding hydrogens is 487 g/mol. The quantitative estimate of drug-likeness (QED) is 0.307. The van der Waals surface area contributed by atoms with Gasteiger partial charge in [-0.05, 0) is 43.7 Å². The van der Waals surface area contributed by atoms with Gasteiger partial charge in [-0.1, -0.05) is 6.07 Å². The van der Waals surface area contributed by atoms with E-state index in [2.05, 4.69) is 31.0 Å². The summed E-state index contributed by atoms with van der Waals surface area (Å²) in [6.45, 7) is 3.70. The first-order valence-electron chi connectivity index (χ1n) is 11.1. The highest BCUT2D eigenvalue weighted by Crippen LogP contribution is 2.34. The number of alkyl halides is 3. The van der Waals surface area contributed by atoms with Gasteiger partial charge in [0.1, 0.15) is 23.7 Å². The normalized spacial score (nSPS) is 11.2. The Bertz CT molecular complexity index is 1450. The molecule has 2 heterocycles. The van der Waals surface area contributed by atoms with Crippen molar-refractivity contribution >= 4 is 28.9 Å². The summed E-state index contributed by atoms with van der Waals surface area (Å²) in [4.78, 5) is 21.3. The van der Waals surface area contributed by atoms with Gasteiger partial charge in [-0.15, -0.1) is 0 Å². The van der Waals surface area contributed by atoms with Gasteiger partial charge < -0.3 is 20.7 Å². The zero-order valence-corrected chi connectivity index (χ0v) is 20.4. The van der Waals surface area contributed by atoms with Gasteiger partial charge in [0.2, 0.25) is 0 Å². The second kappa shape index (κ2) is 10.2. The third-order valence-corrected chi connectivity index (χ3v) is 5.45. The summed E-state index contributed by atoms with van der Waals surface area (Å²) in [5.74, 6) is 1.14. The smallest absolute Gasteiger partial charge is 0.416 e. The second-order valence-electron chi connectivity index (χ2n) is 8.15. The number of nitrogens with zero attached hydrogens (tertiary/aromatic N) is 4. The summed E-state index contributed by atoms with van der Waals surface area (Å²) in [5.41, 5.74) is 1.45. The number of ether oxygens (including phenoxy) is 1. The van der Waals surface area contributed by atoms with Crippen molar-refractivity contribution in [3.63, 3.8) is 0 Å². The van der Waals surface area contributed by atoms with Gasteiger partial charge in [0.05, 0.1) is 18.4 Å². The van der Waals surface area contributed by atoms with E-state index >= 15 is 0 Å². The molecule has 4 aromatic rings. The molecule has 0 aliphatic heterocycles. The zero-order chi connectivity index (χ0) is 26.7. The molecule has 4 rings (SSSR count). The summed E-state index contributed by atoms with van der Waals surface area (Å²) in [7, 11) is 3.00. The van der Waals surface area contributed by atoms with Crippen LogP contribution in [0.1, 0.15) is 27.2 Å². The van der Waals surface area contributed by atoms with Crippen LogP contribution >= 0.6 is 0 Å². The molecule has 37 heavy (non-hydrogen) atoms. The average molecular weight is 512 g/mol. The molecule has 0 spiro atoms. The van der Waals surface area contributed by atoms with Gasteiger partial charge in [0, 0.05) is 42.2 Å². The SMILES string of the molecule is CNc1cc(-n2nc(C)cc2Nc2cc(C(=O)Nc3cc(OC)cc(C(F)(F)F)c3)ccc2C)ncn1. The number of nitrogens with one attached hydrogen (secondary N) is 3. The van der Waals surface area contributed by atoms with Crippen LogP contribution < -0.4 is 20.7 Å². The molecule has 0 radical (unpaired) electrons. The van der Waals surface area contributed by atoms with Crippen LogP contribution in [0.5, 0.6) is 5.75 Å². The van der Waals surface area contributed by atoms with Crippen LogP contribution in [0.25, 0.3) is 5.82 Å². The summed E-state index contributed by atoms with van der Waals surface area (Å²) in [6.07, 6.45) is -3.17. The van der Waals surface area contributed by atoms with Gasteiger partial charge in [-0.2, -0.15) is 23.0 Å². The molecule has 0 fully saturated rings. The lowest BCUT2D eigenvalue weighted by atomic mass is 10.1. The molecule has 0 unspecified atom stereocenters. The van der Waals surface area contributed by atoms with Crippen molar-refractivity contribution < 1.29 is 22.7 Å². The maximum absolute atomic E-state index is 13.3. The molecule has 0 bridgehead atoms. The van der Waals surface area contributed by atoms with E-state index in [0.29, 0.717) is 23.1 Å². The van der Waals surface area contributed by atoms with Crippen LogP contribution in [-0.4, -0.2) is 39.8 Å². The monoisotopic (exact) mass is 511 g/mol. The van der Waals surface area contributed by atoms with Crippen LogP contribution in [0, 0.1) is 13.8 Å². The van der Waals surface area contributed by atoms with Crippen molar-refractivity contribution in [2.45, 2.75) is 20.0 Å². The lowest BCUT2D eigenvalue weighted by Crippen LogP contribution is -2.14. The maximum atomic E-state index is 13.3. The first kappa shape index (κ1) is 25.5. The Morgan fingerprint density at radius 3 is 2.51 bits per heavy atom. The Kier molecular flexibility index (Phi) is 7.00. The third-order valence-electron chi connectivity index (χ3n) is 5.45. The fourth-order valence-electron chi connectivity index (χ4n) is 3.55. The predicted octanol–water partition coefficient (Wildman–Crippen LogP) is 5.34. The van der Waals surface area contributed by atoms with Crippen molar-refractivity contribution in [3.8, 4) is 11.6 Å². The van der Waals surface area contributed by atoms with Crippen molar-refractivity contribution in [3.05, 3.63) is 77.2 Å². The fourth-order valence-corrected chi connectivity index (χ4v) is 3.55. The molecule has 1 amide bonds. The highest BCUT2D eigenvalue weighted by Gasteiger charge is 2.31. The minimum absolute atomic E-state index is 0.0221. The van der Waals surface area contributed by atoms with Gasteiger partial charge >= 0.3 is 6.18 Å². The standard InChI is InChI=1S/C25H24F3N7O2/c1-14-5-6-16(24(36)32-18-9-17(25(26,27)28)10-19(11-18)37-4)8-20(14)33-23-7-15(2)34-35(23)22-12-21(29-3)30-13-31-22/h5-13,33H,1-4H3,(H,32,36)(H,29,30,31). The van der Waals surface area contributed by atoms with Crippen LogP contribution in [0.4, 0.5) is 36.2 Å². The molecule has 2 aromatic carbocycles. The van der Waals surface area contributed by atoms with E-state index in [9.17, 15) is 18.0 Å². The number of hydrogen-bond acceptors (Lipinski definition) is 7. The topological polar surface area (TPSA) is 106 Å². The first-order valence-corrected chi connectivity index (χ1v) is 11.1. The molecule has 9 nitrogen and oxygen atoms in total. The molecule has 3 N–H and O–H groups in total. The Morgan fingerprint density at radius 1 is 1.03 bits per heavy atom. The van der Waals surface area contributed by atoms with E-state index in [-0.39, 0.29) is 17.0 Å². The first-order chi connectivity index (χ1) is 17.6. The Hall–Kier alpha value is -4.61. The molecule has 0 aliphatic rings. The van der Waals surface area contributed by atoms with Crippen molar-refractivity contribution in [1.82, 2.24) is 19.7 Å². The van der Waals surface area contributed by atoms with Gasteiger partial charge in [0.25, 0.3) is 5.91 Å². The Labute approximate surface area is 210 Å². The van der Waals surface area contributed by atoms with E-state index in [1.807, 2.05) is 19.9 Å². The lowest BCUT2D eigenvalue weighted by Gasteiger charge is -2.14. The summed E-state index contributed by atoms with van der Waals surface area (Å²) in [5, 5.41) is 13.2. The Balaban J connectivity index is 1.62. The molecular formula is C25H24F3N7O2. The molecule has 192 valence electrons. The summed E-state index contributed by atoms with van der Waals surface area (Å²) >= 11 is 0. The lowest BCUT2D eigenvalue weighted by molar-refractivity contribution is -0.137. The van der Waals surface area contributed by atoms with E-state index in [1.165, 1.54) is 19.5 Å². The molecule has 0 atom stereocenters. The highest BCUT2D eigenvalue weighted by atomic mass is 19.4. The van der Waals surface area contributed by atoms with E-state index < -0.39 is 17.6 Å². The zero-order valence-electron chi connectivity index (χ0n) is 20.4. The van der Waals surface area contributed by atoms with Gasteiger partial charge in [-0.25, -0.2) is 9.97 Å². The van der Waals surface area contributed by atoms with Crippen LogP contribution in [0.15, 0.2) is 54.9 Å². The van der Waals surface area contributed by atoms with Crippen LogP contribution in [0.3, 0.4) is 0 Å². The number of hydrogen-bond donors (Lipinski definition) is 3. The number of aryl methyl sites for hydroxylation is 2. The minimum atomic E-state index is -4.59. The van der Waals surface area contributed by atoms with Gasteiger partial charge in [-0.3, -0.25) is 4.79 Å². The van der Waals surface area contributed by atoms with Crippen molar-refractivity contribution in [2.24, 2.45) is 0 Å². The summed E-state index contributed by atoms with van der Waals surface area (Å²) in [6, 6.07) is 11.5. The number of anilines is 4. The molecule has 0 aliphatic carbocycles. The number of rotatable bonds is 7. The van der Waals surface area contributed by atoms with Crippen molar-refractivity contribution in [1.29, 1.82) is 0 Å². The largest absolute Gasteiger partial charge is 0.497 e. The molecule has 0 saturated carbocycles. The molecule has 2 aromatic heterocycles. The number of halogens is 3. The molecule has 12 heteroatoms. The number of benzene rings is 2. The minimum Gasteiger partial charge on any atom is -0.497 e. The van der Waals surface area contributed by atoms with Gasteiger partial charge in [0.15, 0.2) is 5.82 Å². The van der Waals surface area contributed by atoms with E-state index in [0.717, 1.165) is 23.4 Å². The number of amides is 1. The average Bonchev–Trinajstić information content (AvgIpc) is 3.24. The highest BCUT2D eigenvalue weighted by molar-refractivity contribution is 6.05. The van der Waals surface area contributed by atoms with Crippen molar-refractivity contribution in [2.75, 3.05) is 30.1 Å². The number of aromatic nitrogens is 4.